The Morgan fingerprint density at radius 1 is 1.16 bits per heavy atom. The first kappa shape index (κ1) is 24.3. The normalized spacial score (nSPS) is 19.4. The number of halogens is 3. The van der Waals surface area contributed by atoms with Crippen molar-refractivity contribution in [3.63, 3.8) is 0 Å². The fourth-order valence-electron chi connectivity index (χ4n) is 3.22. The number of nitrogens with zero attached hydrogens (tertiary/aromatic N) is 2. The number of Topliss-reactive ketones (excluding diaryl/α,β-unsaturated/α-hetero) is 1. The highest BCUT2D eigenvalue weighted by Gasteiger charge is 2.52. The van der Waals surface area contributed by atoms with Crippen molar-refractivity contribution in [2.75, 3.05) is 24.8 Å². The second-order valence-corrected chi connectivity index (χ2v) is 15.8. The molecule has 2 aliphatic heterocycles. The smallest absolute Gasteiger partial charge is 0.371 e. The lowest BCUT2D eigenvalue weighted by Gasteiger charge is -2.27. The van der Waals surface area contributed by atoms with Crippen LogP contribution in [0.15, 0.2) is 36.2 Å². The molecule has 1 aromatic rings. The molecule has 0 aromatic heterocycles. The Labute approximate surface area is 184 Å². The summed E-state index contributed by atoms with van der Waals surface area (Å²) >= 11 is 0. The van der Waals surface area contributed by atoms with Gasteiger partial charge in [-0.25, -0.2) is 0 Å². The quantitative estimate of drug-likeness (QED) is 0.250. The minimum Gasteiger partial charge on any atom is -0.371 e. The zero-order chi connectivity index (χ0) is 23.9. The molecule has 0 saturated heterocycles. The molecule has 8 nitrogen and oxygen atoms in total. The van der Waals surface area contributed by atoms with Crippen LogP contribution in [0.3, 0.4) is 0 Å². The summed E-state index contributed by atoms with van der Waals surface area (Å²) in [5.41, 5.74) is -5.00. The number of benzene rings is 1. The molecule has 2 heterocycles. The topological polar surface area (TPSA) is 93.2 Å². The summed E-state index contributed by atoms with van der Waals surface area (Å²) in [4.78, 5) is 28.3. The Bertz CT molecular complexity index is 1050. The maximum atomic E-state index is 13.0. The molecular weight excluding hydrogens is 469 g/mol. The van der Waals surface area contributed by atoms with Gasteiger partial charge in [0.1, 0.15) is 12.8 Å². The minimum atomic E-state index is -6.05. The summed E-state index contributed by atoms with van der Waals surface area (Å²) in [5.74, 6) is -2.75. The molecule has 1 amide bonds. The van der Waals surface area contributed by atoms with Gasteiger partial charge >= 0.3 is 15.6 Å². The Kier molecular flexibility index (Phi) is 6.46. The number of carbonyl (C=O) groups is 2. The first-order chi connectivity index (χ1) is 14.7. The number of ether oxygens (including phenoxy) is 1. The van der Waals surface area contributed by atoms with Gasteiger partial charge in [-0.15, -0.1) is 0 Å². The lowest BCUT2D eigenvalue weighted by molar-refractivity contribution is -0.119. The molecule has 176 valence electrons. The largest absolute Gasteiger partial charge is 0.534 e. The lowest BCUT2D eigenvalue weighted by Crippen LogP contribution is -2.44. The Morgan fingerprint density at radius 3 is 2.44 bits per heavy atom. The van der Waals surface area contributed by atoms with Crippen LogP contribution >= 0.6 is 0 Å². The van der Waals surface area contributed by atoms with Gasteiger partial charge < -0.3 is 13.8 Å². The first-order valence-corrected chi connectivity index (χ1v) is 14.8. The summed E-state index contributed by atoms with van der Waals surface area (Å²) in [7, 11) is -7.40. The molecule has 0 aliphatic carbocycles. The van der Waals surface area contributed by atoms with Crippen LogP contribution in [0.5, 0.6) is 0 Å². The number of hydrogen-bond acceptors (Lipinski definition) is 7. The monoisotopic (exact) mass is 492 g/mol. The zero-order valence-electron chi connectivity index (χ0n) is 17.7. The predicted octanol–water partition coefficient (Wildman–Crippen LogP) is 2.92. The standard InChI is InChI=1S/C19H23F3N2O6SSi/c1-32(2,3)9-8-29-12-23-10-15-17(25)16(30-31(27,28)19(20,21)22)11-24(15)18(26)13-6-4-5-7-14(13)23/h4-7,11,15H,8-10,12H2,1-3H3. The Hall–Kier alpha value is -2.38. The van der Waals surface area contributed by atoms with E-state index in [9.17, 15) is 31.2 Å². The van der Waals surface area contributed by atoms with Crippen LogP contribution in [0.2, 0.25) is 25.7 Å². The van der Waals surface area contributed by atoms with Gasteiger partial charge in [0.15, 0.2) is 0 Å². The molecule has 1 unspecified atom stereocenters. The van der Waals surface area contributed by atoms with E-state index in [-0.39, 0.29) is 18.8 Å². The van der Waals surface area contributed by atoms with Crippen molar-refractivity contribution < 1.29 is 40.1 Å². The van der Waals surface area contributed by atoms with E-state index in [1.807, 2.05) is 0 Å². The highest BCUT2D eigenvalue weighted by atomic mass is 32.2. The molecular formula is C19H23F3N2O6SSi. The highest BCUT2D eigenvalue weighted by Crippen LogP contribution is 2.34. The number of hydrogen-bond donors (Lipinski definition) is 0. The number of para-hydroxylation sites is 1. The molecule has 1 atom stereocenters. The van der Waals surface area contributed by atoms with E-state index >= 15 is 0 Å². The number of carbonyl (C=O) groups excluding carboxylic acids is 2. The van der Waals surface area contributed by atoms with Crippen molar-refractivity contribution in [3.05, 3.63) is 41.8 Å². The van der Waals surface area contributed by atoms with Crippen molar-refractivity contribution in [2.45, 2.75) is 37.2 Å². The van der Waals surface area contributed by atoms with E-state index in [1.165, 1.54) is 6.07 Å². The van der Waals surface area contributed by atoms with E-state index in [4.69, 9.17) is 4.74 Å². The molecule has 0 saturated carbocycles. The molecule has 3 rings (SSSR count). The van der Waals surface area contributed by atoms with E-state index in [1.54, 1.807) is 23.1 Å². The van der Waals surface area contributed by atoms with Crippen LogP contribution in [0.4, 0.5) is 18.9 Å². The lowest BCUT2D eigenvalue weighted by atomic mass is 10.1. The predicted molar refractivity (Wildman–Crippen MR) is 112 cm³/mol. The fourth-order valence-corrected chi connectivity index (χ4v) is 4.43. The third-order valence-electron chi connectivity index (χ3n) is 4.97. The fraction of sp³-hybridized carbons (Fsp3) is 0.474. The van der Waals surface area contributed by atoms with Crippen LogP contribution < -0.4 is 4.90 Å². The average molecular weight is 493 g/mol. The maximum absolute atomic E-state index is 13.0. The van der Waals surface area contributed by atoms with Crippen LogP contribution in [0.25, 0.3) is 0 Å². The van der Waals surface area contributed by atoms with Crippen LogP contribution in [0.1, 0.15) is 10.4 Å². The van der Waals surface area contributed by atoms with Gasteiger partial charge in [0.25, 0.3) is 5.91 Å². The van der Waals surface area contributed by atoms with Crippen LogP contribution in [0, 0.1) is 0 Å². The molecule has 1 aromatic carbocycles. The maximum Gasteiger partial charge on any atom is 0.534 e. The molecule has 0 fully saturated rings. The number of alkyl halides is 3. The second-order valence-electron chi connectivity index (χ2n) is 8.66. The molecule has 2 aliphatic rings. The van der Waals surface area contributed by atoms with Gasteiger partial charge in [0.05, 0.1) is 17.5 Å². The van der Waals surface area contributed by atoms with Gasteiger partial charge in [-0.05, 0) is 18.2 Å². The third kappa shape index (κ3) is 4.99. The minimum absolute atomic E-state index is 0.0451. The summed E-state index contributed by atoms with van der Waals surface area (Å²) in [6.07, 6.45) is 0.713. The van der Waals surface area contributed by atoms with Crippen molar-refractivity contribution in [1.82, 2.24) is 4.90 Å². The van der Waals surface area contributed by atoms with Crippen LogP contribution in [-0.2, 0) is 23.8 Å². The number of anilines is 1. The summed E-state index contributed by atoms with van der Waals surface area (Å²) < 4.78 is 70.6. The highest BCUT2D eigenvalue weighted by molar-refractivity contribution is 7.87. The van der Waals surface area contributed by atoms with Gasteiger partial charge in [-0.2, -0.15) is 21.6 Å². The van der Waals surface area contributed by atoms with Gasteiger partial charge in [-0.1, -0.05) is 31.8 Å². The van der Waals surface area contributed by atoms with E-state index < -0.39 is 47.2 Å². The number of ketones is 1. The molecule has 32 heavy (non-hydrogen) atoms. The molecule has 0 bridgehead atoms. The zero-order valence-corrected chi connectivity index (χ0v) is 19.5. The van der Waals surface area contributed by atoms with E-state index in [2.05, 4.69) is 23.8 Å². The second kappa shape index (κ2) is 8.52. The van der Waals surface area contributed by atoms with Gasteiger partial charge in [0, 0.05) is 21.2 Å². The molecule has 0 spiro atoms. The summed E-state index contributed by atoms with van der Waals surface area (Å²) in [5, 5.41) is 0. The molecule has 0 N–H and O–H groups in total. The molecule has 13 heteroatoms. The summed E-state index contributed by atoms with van der Waals surface area (Å²) in [6, 6.07) is 6.14. The first-order valence-electron chi connectivity index (χ1n) is 9.72. The van der Waals surface area contributed by atoms with Crippen molar-refractivity contribution in [1.29, 1.82) is 0 Å². The van der Waals surface area contributed by atoms with E-state index in [0.29, 0.717) is 18.5 Å². The average Bonchev–Trinajstić information content (AvgIpc) is 2.90. The third-order valence-corrected chi connectivity index (χ3v) is 7.64. The Morgan fingerprint density at radius 2 is 1.81 bits per heavy atom. The Balaban J connectivity index is 1.87. The summed E-state index contributed by atoms with van der Waals surface area (Å²) in [6.45, 7) is 6.98. The SMILES string of the molecule is C[Si](C)(C)CCOCN1CC2C(=O)C(OS(=O)(=O)C(F)(F)F)=CN2C(=O)c2ccccc21. The number of rotatable bonds is 7. The van der Waals surface area contributed by atoms with Gasteiger partial charge in [0.2, 0.25) is 11.5 Å². The van der Waals surface area contributed by atoms with E-state index in [0.717, 1.165) is 10.9 Å². The van der Waals surface area contributed by atoms with Crippen LogP contribution in [-0.4, -0.2) is 64.5 Å². The van der Waals surface area contributed by atoms with Crippen molar-refractivity contribution in [2.24, 2.45) is 0 Å². The van der Waals surface area contributed by atoms with Crippen molar-refractivity contribution >= 4 is 35.6 Å². The number of fused-ring (bicyclic) bond motifs is 2. The van der Waals surface area contributed by atoms with Crippen molar-refractivity contribution in [3.8, 4) is 0 Å². The molecule has 0 radical (unpaired) electrons. The van der Waals surface area contributed by atoms with Gasteiger partial charge in [-0.3, -0.25) is 14.5 Å². The number of amides is 1.